The van der Waals surface area contributed by atoms with E-state index < -0.39 is 55.4 Å². The number of hydrogen-bond donors (Lipinski definition) is 2. The molecule has 0 atom stereocenters. The first kappa shape index (κ1) is 30.2. The van der Waals surface area contributed by atoms with Crippen LogP contribution in [0.1, 0.15) is 20.7 Å². The van der Waals surface area contributed by atoms with Crippen LogP contribution in [0.15, 0.2) is 48.5 Å². The van der Waals surface area contributed by atoms with E-state index in [0.717, 1.165) is 24.3 Å². The quantitative estimate of drug-likeness (QED) is 0.308. The molecule has 13 nitrogen and oxygen atoms in total. The maximum atomic E-state index is 10.4. The fraction of sp³-hybridized carbons (Fsp3) is 0. The van der Waals surface area contributed by atoms with E-state index >= 15 is 0 Å². The molecule has 0 fully saturated rings. The van der Waals surface area contributed by atoms with Crippen molar-refractivity contribution in [3.05, 3.63) is 59.7 Å². The number of carboxylic acid groups (broad SMARTS) is 2. The number of carbonyl (C=O) groups excluding carboxylic acids is 2. The van der Waals surface area contributed by atoms with E-state index in [2.05, 4.69) is 8.37 Å². The van der Waals surface area contributed by atoms with Crippen molar-refractivity contribution < 1.29 is 59.6 Å². The maximum absolute atomic E-state index is 10.4. The van der Waals surface area contributed by atoms with E-state index in [9.17, 15) is 36.6 Å². The molecule has 0 amide bonds. The Labute approximate surface area is 200 Å². The zero-order chi connectivity index (χ0) is 21.5. The molecule has 0 unspecified atom stereocenters. The first-order valence-electron chi connectivity index (χ1n) is 6.74. The summed E-state index contributed by atoms with van der Waals surface area (Å²) >= 11 is 0. The van der Waals surface area contributed by atoms with Gasteiger partial charge in [0.2, 0.25) is 0 Å². The number of para-hydroxylation sites is 2. The fourth-order valence-electron chi connectivity index (χ4n) is 1.64. The van der Waals surface area contributed by atoms with Crippen molar-refractivity contribution in [2.24, 2.45) is 0 Å². The van der Waals surface area contributed by atoms with Gasteiger partial charge in [-0.2, -0.15) is 16.8 Å². The molecule has 2 aromatic carbocycles. The van der Waals surface area contributed by atoms with Crippen molar-refractivity contribution in [2.45, 2.75) is 0 Å². The van der Waals surface area contributed by atoms with Gasteiger partial charge in [0.05, 0.1) is 11.9 Å². The Balaban J connectivity index is 0. The third-order valence-corrected chi connectivity index (χ3v) is 3.38. The van der Waals surface area contributed by atoms with E-state index in [1.807, 2.05) is 0 Å². The molecule has 2 aromatic rings. The second-order valence-corrected chi connectivity index (χ2v) is 6.63. The van der Waals surface area contributed by atoms with Gasteiger partial charge in [0, 0.05) is 11.1 Å². The smallest absolute Gasteiger partial charge is 0.545 e. The monoisotopic (exact) mass is 492 g/mol. The average molecular weight is 492 g/mol. The molecule has 0 heterocycles. The van der Waals surface area contributed by atoms with Gasteiger partial charge >= 0.3 is 58.5 Å². The molecule has 0 bridgehead atoms. The third-order valence-electron chi connectivity index (χ3n) is 2.60. The summed E-state index contributed by atoms with van der Waals surface area (Å²) < 4.78 is 65.8. The van der Waals surface area contributed by atoms with E-state index in [4.69, 9.17) is 9.11 Å². The second kappa shape index (κ2) is 12.7. The Bertz CT molecular complexity index is 993. The fourth-order valence-corrected chi connectivity index (χ4v) is 2.39. The molecule has 4 N–H and O–H groups in total. The van der Waals surface area contributed by atoms with Gasteiger partial charge in [-0.05, 0) is 24.3 Å². The molecule has 0 radical (unpaired) electrons. The van der Waals surface area contributed by atoms with Crippen LogP contribution in [0.25, 0.3) is 0 Å². The molecule has 160 valence electrons. The Morgan fingerprint density at radius 1 is 0.700 bits per heavy atom. The minimum atomic E-state index is -4.72. The standard InChI is InChI=1S/2C7H6O6S.Ca.H2O/c2*8-7(9)5-3-1-2-4-6(5)13-14(10,11)12;;/h2*1-4H,(H,8,9)(H,10,11,12);;1H2/q;;+2;/p-2. The summed E-state index contributed by atoms with van der Waals surface area (Å²) in [5.41, 5.74) is -0.907. The number of carbonyl (C=O) groups is 2. The Morgan fingerprint density at radius 3 is 1.20 bits per heavy atom. The Kier molecular flexibility index (Phi) is 12.7. The largest absolute Gasteiger partial charge is 2.00 e. The van der Waals surface area contributed by atoms with E-state index in [1.165, 1.54) is 24.3 Å². The predicted octanol–water partition coefficient (Wildman–Crippen LogP) is -2.74. The summed E-state index contributed by atoms with van der Waals surface area (Å²) in [7, 11) is -9.45. The number of carboxylic acids is 2. The zero-order valence-corrected chi connectivity index (χ0v) is 18.5. The van der Waals surface area contributed by atoms with Crippen LogP contribution >= 0.6 is 0 Å². The van der Waals surface area contributed by atoms with Crippen molar-refractivity contribution in [3.63, 3.8) is 0 Å². The van der Waals surface area contributed by atoms with E-state index in [-0.39, 0.29) is 43.2 Å². The van der Waals surface area contributed by atoms with Crippen molar-refractivity contribution in [3.8, 4) is 11.5 Å². The zero-order valence-electron chi connectivity index (χ0n) is 14.6. The van der Waals surface area contributed by atoms with Crippen LogP contribution in [0.5, 0.6) is 11.5 Å². The minimum Gasteiger partial charge on any atom is -0.545 e. The molecular weight excluding hydrogens is 480 g/mol. The van der Waals surface area contributed by atoms with Crippen molar-refractivity contribution in [2.75, 3.05) is 0 Å². The molecule has 0 saturated heterocycles. The molecule has 0 spiro atoms. The van der Waals surface area contributed by atoms with Gasteiger partial charge in [0.15, 0.2) is 11.5 Å². The van der Waals surface area contributed by atoms with Gasteiger partial charge in [-0.3, -0.25) is 9.11 Å². The van der Waals surface area contributed by atoms with Gasteiger partial charge in [0.25, 0.3) is 0 Å². The van der Waals surface area contributed by atoms with Crippen molar-refractivity contribution in [1.82, 2.24) is 0 Å². The summed E-state index contributed by atoms with van der Waals surface area (Å²) in [6, 6.07) is 9.79. The normalized spacial score (nSPS) is 10.2. The molecule has 0 saturated carbocycles. The van der Waals surface area contributed by atoms with E-state index in [0.29, 0.717) is 0 Å². The number of aromatic carboxylic acids is 2. The SMILES string of the molecule is O.O=C([O-])c1ccccc1OS(=O)(=O)O.O=C([O-])c1ccccc1OS(=O)(=O)O.[Ca+2]. The van der Waals surface area contributed by atoms with Crippen LogP contribution in [0.4, 0.5) is 0 Å². The molecule has 2 rings (SSSR count). The summed E-state index contributed by atoms with van der Waals surface area (Å²) in [4.78, 5) is 20.9. The van der Waals surface area contributed by atoms with Gasteiger partial charge in [-0.25, -0.2) is 0 Å². The van der Waals surface area contributed by atoms with E-state index in [1.54, 1.807) is 0 Å². The first-order chi connectivity index (χ1) is 12.8. The van der Waals surface area contributed by atoms with Gasteiger partial charge in [-0.1, -0.05) is 24.3 Å². The molecule has 0 aliphatic heterocycles. The molecule has 0 aliphatic rings. The number of rotatable bonds is 6. The maximum Gasteiger partial charge on any atom is 2.00 e. The van der Waals surface area contributed by atoms with Gasteiger partial charge in [-0.15, -0.1) is 0 Å². The Morgan fingerprint density at radius 2 is 0.967 bits per heavy atom. The molecule has 0 aliphatic carbocycles. The van der Waals surface area contributed by atoms with Crippen LogP contribution < -0.4 is 18.6 Å². The Hall–Kier alpha value is -1.98. The topological polar surface area (TPSA) is 239 Å². The van der Waals surface area contributed by atoms with Crippen LogP contribution in [0, 0.1) is 0 Å². The second-order valence-electron chi connectivity index (χ2n) is 4.59. The molecule has 0 aromatic heterocycles. The summed E-state index contributed by atoms with van der Waals surface area (Å²) in [6.45, 7) is 0. The van der Waals surface area contributed by atoms with Crippen LogP contribution in [0.3, 0.4) is 0 Å². The minimum absolute atomic E-state index is 0. The van der Waals surface area contributed by atoms with Gasteiger partial charge in [0.1, 0.15) is 0 Å². The summed E-state index contributed by atoms with van der Waals surface area (Å²) in [5, 5.41) is 20.9. The number of benzene rings is 2. The average Bonchev–Trinajstić information content (AvgIpc) is 2.53. The first-order valence-corrected chi connectivity index (χ1v) is 9.47. The third kappa shape index (κ3) is 11.3. The van der Waals surface area contributed by atoms with Crippen molar-refractivity contribution >= 4 is 70.5 Å². The van der Waals surface area contributed by atoms with Crippen molar-refractivity contribution in [1.29, 1.82) is 0 Å². The number of hydrogen-bond acceptors (Lipinski definition) is 10. The van der Waals surface area contributed by atoms with Gasteiger partial charge < -0.3 is 33.6 Å². The predicted molar refractivity (Wildman–Crippen MR) is 95.3 cm³/mol. The van der Waals surface area contributed by atoms with Crippen LogP contribution in [-0.4, -0.2) is 81.1 Å². The molecule has 16 heteroatoms. The molecular formula is C14H12CaO13S2. The molecule has 30 heavy (non-hydrogen) atoms. The van der Waals surface area contributed by atoms with Crippen LogP contribution in [-0.2, 0) is 20.8 Å². The van der Waals surface area contributed by atoms with Crippen LogP contribution in [0.2, 0.25) is 0 Å². The summed E-state index contributed by atoms with van der Waals surface area (Å²) in [6.07, 6.45) is 0. The summed E-state index contributed by atoms with van der Waals surface area (Å²) in [5.74, 6) is -4.17.